The maximum absolute atomic E-state index is 13.1. The van der Waals surface area contributed by atoms with E-state index >= 15 is 0 Å². The minimum Gasteiger partial charge on any atom is -0.394 e. The highest BCUT2D eigenvalue weighted by Crippen LogP contribution is 2.34. The van der Waals surface area contributed by atoms with Gasteiger partial charge in [-0.1, -0.05) is 0 Å². The highest BCUT2D eigenvalue weighted by Gasteiger charge is 2.52. The summed E-state index contributed by atoms with van der Waals surface area (Å²) in [5.74, 6) is -1.18. The molecule has 4 rings (SSSR count). The van der Waals surface area contributed by atoms with Crippen LogP contribution in [-0.4, -0.2) is 99.6 Å². The standard InChI is InChI=1S/C10H15N3O5.C9H11FN2O6/c1-10(8(16)7(15)5(4-14)18-10)13-3-2-6(11)12-9(13)17;10-3-1-12(9(17)11-7(3)16)8-6(15)5(14)4(2-13)18-8/h2-3,5,7-8,14-16H,4H2,1H3,(H2,11,12,17);1,4-6,8,13-15H,2H2,(H,11,16,17)/t5-,7-,8-,10-;4-,5-,6-,8-/m11/s1. The number of nitrogens with zero attached hydrogens (tertiary/aromatic N) is 3. The zero-order chi connectivity index (χ0) is 26.9. The summed E-state index contributed by atoms with van der Waals surface area (Å²) < 4.78 is 25.1. The van der Waals surface area contributed by atoms with E-state index in [4.69, 9.17) is 25.4 Å². The average molecular weight is 519 g/mol. The minimum atomic E-state index is -1.52. The molecule has 2 aromatic rings. The number of nitrogens with one attached hydrogen (secondary N) is 1. The molecule has 0 saturated carbocycles. The molecule has 0 amide bonds. The summed E-state index contributed by atoms with van der Waals surface area (Å²) in [6.45, 7) is 0.385. The molecule has 2 saturated heterocycles. The molecule has 0 spiro atoms. The van der Waals surface area contributed by atoms with Gasteiger partial charge in [-0.15, -0.1) is 0 Å². The first kappa shape index (κ1) is 27.6. The predicted molar refractivity (Wildman–Crippen MR) is 115 cm³/mol. The molecule has 4 heterocycles. The summed E-state index contributed by atoms with van der Waals surface area (Å²) >= 11 is 0. The predicted octanol–water partition coefficient (Wildman–Crippen LogP) is -5.10. The average Bonchev–Trinajstić information content (AvgIpc) is 3.24. The molecular weight excluding hydrogens is 493 g/mol. The van der Waals surface area contributed by atoms with Crippen molar-refractivity contribution in [2.24, 2.45) is 0 Å². The van der Waals surface area contributed by atoms with Gasteiger partial charge in [0.2, 0.25) is 5.82 Å². The lowest BCUT2D eigenvalue weighted by Crippen LogP contribution is -2.48. The molecule has 2 aliphatic heterocycles. The van der Waals surface area contributed by atoms with Crippen LogP contribution in [0, 0.1) is 5.82 Å². The molecule has 0 unspecified atom stereocenters. The highest BCUT2D eigenvalue weighted by atomic mass is 19.1. The van der Waals surface area contributed by atoms with Gasteiger partial charge in [0.25, 0.3) is 5.56 Å². The summed E-state index contributed by atoms with van der Waals surface area (Å²) in [7, 11) is 0. The van der Waals surface area contributed by atoms with Crippen molar-refractivity contribution in [1.82, 2.24) is 19.1 Å². The Morgan fingerprint density at radius 1 is 1.11 bits per heavy atom. The fourth-order valence-electron chi connectivity index (χ4n) is 3.82. The van der Waals surface area contributed by atoms with E-state index in [9.17, 15) is 39.2 Å². The molecule has 200 valence electrons. The van der Waals surface area contributed by atoms with Crippen LogP contribution in [0.25, 0.3) is 0 Å². The zero-order valence-corrected chi connectivity index (χ0v) is 18.7. The SMILES string of the molecule is C[C@@]1(n2ccc(N)nc2=O)O[C@H](CO)[C@@H](O)[C@H]1O.O=c1[nH]c(=O)n([C@@H]2O[C@H](CO)[C@@H](O)[C@H]2O)cc1F. The number of halogens is 1. The molecule has 36 heavy (non-hydrogen) atoms. The number of hydrogen-bond acceptors (Lipinski definition) is 13. The summed E-state index contributed by atoms with van der Waals surface area (Å²) in [6.07, 6.45) is -7.13. The third kappa shape index (κ3) is 4.95. The molecule has 2 aliphatic rings. The van der Waals surface area contributed by atoms with Crippen LogP contribution in [0.1, 0.15) is 13.2 Å². The summed E-state index contributed by atoms with van der Waals surface area (Å²) in [5.41, 5.74) is 0.985. The van der Waals surface area contributed by atoms with E-state index < -0.39 is 84.5 Å². The first-order chi connectivity index (χ1) is 16.8. The van der Waals surface area contributed by atoms with Crippen LogP contribution >= 0.6 is 0 Å². The van der Waals surface area contributed by atoms with Gasteiger partial charge in [-0.25, -0.2) is 9.59 Å². The monoisotopic (exact) mass is 519 g/mol. The lowest BCUT2D eigenvalue weighted by atomic mass is 10.0. The molecule has 17 heteroatoms. The van der Waals surface area contributed by atoms with Gasteiger partial charge in [-0.05, 0) is 13.0 Å². The van der Waals surface area contributed by atoms with Crippen molar-refractivity contribution < 1.29 is 44.5 Å². The summed E-state index contributed by atoms with van der Waals surface area (Å²) in [6, 6.07) is 1.38. The minimum absolute atomic E-state index is 0.0478. The molecule has 2 aromatic heterocycles. The molecular formula is C19H26FN5O11. The second-order valence-corrected chi connectivity index (χ2v) is 8.21. The van der Waals surface area contributed by atoms with E-state index in [-0.39, 0.29) is 5.82 Å². The molecule has 0 aromatic carbocycles. The van der Waals surface area contributed by atoms with E-state index in [1.807, 2.05) is 0 Å². The van der Waals surface area contributed by atoms with Gasteiger partial charge in [-0.3, -0.25) is 18.9 Å². The van der Waals surface area contributed by atoms with Gasteiger partial charge in [0.15, 0.2) is 12.0 Å². The van der Waals surface area contributed by atoms with Gasteiger partial charge < -0.3 is 45.8 Å². The van der Waals surface area contributed by atoms with E-state index in [0.29, 0.717) is 10.8 Å². The topological polar surface area (TPSA) is 256 Å². The fraction of sp³-hybridized carbons (Fsp3) is 0.579. The van der Waals surface area contributed by atoms with Gasteiger partial charge in [0.1, 0.15) is 42.4 Å². The Morgan fingerprint density at radius 3 is 2.28 bits per heavy atom. The third-order valence-electron chi connectivity index (χ3n) is 5.84. The summed E-state index contributed by atoms with van der Waals surface area (Å²) in [5, 5.41) is 56.7. The molecule has 2 fully saturated rings. The number of nitrogen functional groups attached to an aromatic ring is 1. The second-order valence-electron chi connectivity index (χ2n) is 8.21. The Morgan fingerprint density at radius 2 is 1.75 bits per heavy atom. The maximum atomic E-state index is 13.1. The Hall–Kier alpha value is -3.03. The Bertz CT molecular complexity index is 1250. The third-order valence-corrected chi connectivity index (χ3v) is 5.84. The number of ether oxygens (including phenoxy) is 2. The molecule has 9 N–H and O–H groups in total. The second kappa shape index (κ2) is 10.5. The number of aliphatic hydroxyl groups excluding tert-OH is 6. The van der Waals surface area contributed by atoms with Gasteiger partial charge in [-0.2, -0.15) is 9.37 Å². The number of anilines is 1. The van der Waals surface area contributed by atoms with Crippen LogP contribution in [0.5, 0.6) is 0 Å². The largest absolute Gasteiger partial charge is 0.394 e. The van der Waals surface area contributed by atoms with E-state index in [1.165, 1.54) is 19.2 Å². The van der Waals surface area contributed by atoms with Crippen LogP contribution in [0.15, 0.2) is 32.8 Å². The first-order valence-corrected chi connectivity index (χ1v) is 10.5. The van der Waals surface area contributed by atoms with E-state index in [2.05, 4.69) is 4.98 Å². The van der Waals surface area contributed by atoms with Crippen molar-refractivity contribution in [2.45, 2.75) is 55.5 Å². The van der Waals surface area contributed by atoms with E-state index in [0.717, 1.165) is 4.57 Å². The lowest BCUT2D eigenvalue weighted by molar-refractivity contribution is -0.137. The van der Waals surface area contributed by atoms with Gasteiger partial charge in [0, 0.05) is 6.20 Å². The van der Waals surface area contributed by atoms with Crippen molar-refractivity contribution in [3.8, 4) is 0 Å². The number of aromatic amines is 1. The van der Waals surface area contributed by atoms with Crippen LogP contribution in [0.4, 0.5) is 10.2 Å². The smallest absolute Gasteiger partial charge is 0.351 e. The molecule has 0 bridgehead atoms. The molecule has 0 aliphatic carbocycles. The molecule has 0 radical (unpaired) electrons. The van der Waals surface area contributed by atoms with Crippen molar-refractivity contribution in [3.63, 3.8) is 0 Å². The Balaban J connectivity index is 0.000000201. The number of hydrogen-bond donors (Lipinski definition) is 8. The molecule has 16 nitrogen and oxygen atoms in total. The fourth-order valence-corrected chi connectivity index (χ4v) is 3.82. The number of aromatic nitrogens is 4. The number of rotatable bonds is 4. The number of aliphatic hydroxyl groups is 6. The molecule has 8 atom stereocenters. The van der Waals surface area contributed by atoms with Crippen LogP contribution in [0.3, 0.4) is 0 Å². The summed E-state index contributed by atoms with van der Waals surface area (Å²) in [4.78, 5) is 39.2. The van der Waals surface area contributed by atoms with Crippen LogP contribution in [0.2, 0.25) is 0 Å². The van der Waals surface area contributed by atoms with Crippen LogP contribution in [-0.2, 0) is 15.2 Å². The van der Waals surface area contributed by atoms with Crippen molar-refractivity contribution in [3.05, 3.63) is 55.6 Å². The van der Waals surface area contributed by atoms with Crippen molar-refractivity contribution in [2.75, 3.05) is 18.9 Å². The maximum Gasteiger partial charge on any atom is 0.351 e. The Labute approximate surface area is 200 Å². The highest BCUT2D eigenvalue weighted by molar-refractivity contribution is 5.24. The van der Waals surface area contributed by atoms with Crippen molar-refractivity contribution >= 4 is 5.82 Å². The van der Waals surface area contributed by atoms with Crippen LogP contribution < -0.4 is 22.7 Å². The quantitative estimate of drug-likeness (QED) is 0.188. The van der Waals surface area contributed by atoms with Gasteiger partial charge >= 0.3 is 11.4 Å². The van der Waals surface area contributed by atoms with Gasteiger partial charge in [0.05, 0.1) is 19.4 Å². The first-order valence-electron chi connectivity index (χ1n) is 10.5. The normalized spacial score (nSPS) is 33.8. The van der Waals surface area contributed by atoms with Crippen molar-refractivity contribution in [1.29, 1.82) is 0 Å². The Kier molecular flexibility index (Phi) is 8.06. The number of H-pyrrole nitrogens is 1. The number of nitrogens with two attached hydrogens (primary N) is 1. The zero-order valence-electron chi connectivity index (χ0n) is 18.7. The lowest BCUT2D eigenvalue weighted by Gasteiger charge is -2.29. The van der Waals surface area contributed by atoms with E-state index in [1.54, 1.807) is 4.98 Å².